The Morgan fingerprint density at radius 1 is 1.06 bits per heavy atom. The van der Waals surface area contributed by atoms with Gasteiger partial charge in [-0.1, -0.05) is 23.2 Å². The van der Waals surface area contributed by atoms with Gasteiger partial charge in [-0.2, -0.15) is 13.2 Å². The van der Waals surface area contributed by atoms with Gasteiger partial charge in [0.1, 0.15) is 5.75 Å². The minimum Gasteiger partial charge on any atom is -0.484 e. The molecule has 1 heterocycles. The molecule has 0 unspecified atom stereocenters. The lowest BCUT2D eigenvalue weighted by atomic mass is 9.85. The number of halogens is 5. The second-order valence-electron chi connectivity index (χ2n) is 7.73. The molecule has 1 fully saturated rings. The predicted octanol–water partition coefficient (Wildman–Crippen LogP) is 4.78. The van der Waals surface area contributed by atoms with Gasteiger partial charge in [-0.05, 0) is 49.9 Å². The average Bonchev–Trinajstić information content (AvgIpc) is 2.78. The van der Waals surface area contributed by atoms with Crippen LogP contribution in [0.25, 0.3) is 0 Å². The summed E-state index contributed by atoms with van der Waals surface area (Å²) in [6, 6.07) is 6.85. The minimum atomic E-state index is -4.45. The van der Waals surface area contributed by atoms with Crippen molar-refractivity contribution in [2.75, 3.05) is 6.61 Å². The molecule has 0 saturated heterocycles. The zero-order valence-electron chi connectivity index (χ0n) is 17.4. The van der Waals surface area contributed by atoms with Crippen LogP contribution in [0.2, 0.25) is 10.0 Å². The summed E-state index contributed by atoms with van der Waals surface area (Å²) in [6.45, 7) is -0.113. The van der Waals surface area contributed by atoms with Crippen molar-refractivity contribution in [3.63, 3.8) is 0 Å². The number of nitrogens with zero attached hydrogens (tertiary/aromatic N) is 1. The lowest BCUT2D eigenvalue weighted by molar-refractivity contribution is -0.138. The van der Waals surface area contributed by atoms with Crippen LogP contribution in [0.4, 0.5) is 13.2 Å². The third kappa shape index (κ3) is 7.50. The molecular formula is C22H22Cl2F3N3O3. The Balaban J connectivity index is 1.36. The molecule has 1 aromatic heterocycles. The number of aromatic nitrogens is 1. The van der Waals surface area contributed by atoms with E-state index in [-0.39, 0.29) is 36.9 Å². The first-order chi connectivity index (χ1) is 15.6. The summed E-state index contributed by atoms with van der Waals surface area (Å²) in [4.78, 5) is 28.3. The van der Waals surface area contributed by atoms with E-state index in [1.165, 1.54) is 12.1 Å². The van der Waals surface area contributed by atoms with Crippen LogP contribution in [-0.2, 0) is 22.3 Å². The van der Waals surface area contributed by atoms with E-state index in [1.807, 2.05) is 0 Å². The monoisotopic (exact) mass is 503 g/mol. The van der Waals surface area contributed by atoms with Gasteiger partial charge in [0.25, 0.3) is 5.91 Å². The number of pyridine rings is 1. The van der Waals surface area contributed by atoms with Crippen molar-refractivity contribution in [2.24, 2.45) is 5.92 Å². The van der Waals surface area contributed by atoms with Crippen LogP contribution in [0, 0.1) is 5.92 Å². The Morgan fingerprint density at radius 2 is 1.79 bits per heavy atom. The third-order valence-corrected chi connectivity index (χ3v) is 6.06. The first-order valence-electron chi connectivity index (χ1n) is 10.3. The van der Waals surface area contributed by atoms with Gasteiger partial charge in [0.2, 0.25) is 5.91 Å². The molecule has 1 aromatic carbocycles. The van der Waals surface area contributed by atoms with Gasteiger partial charge in [0.05, 0.1) is 27.8 Å². The highest BCUT2D eigenvalue weighted by Gasteiger charge is 2.31. The molecule has 6 nitrogen and oxygen atoms in total. The standard InChI is InChI=1S/C22H22Cl2F3N3O3/c23-18-8-7-17(9-19(18)24)33-12-20(31)30-15-4-1-13(2-5-15)21(32)29-11-16-6-3-14(10-28-16)22(25,26)27/h3,6-10,13,15H,1-2,4-5,11-12H2,(H,29,32)(H,30,31). The lowest BCUT2D eigenvalue weighted by Gasteiger charge is -2.28. The maximum Gasteiger partial charge on any atom is 0.417 e. The molecular weight excluding hydrogens is 482 g/mol. The van der Waals surface area contributed by atoms with Crippen molar-refractivity contribution in [3.05, 3.63) is 57.8 Å². The van der Waals surface area contributed by atoms with E-state index in [2.05, 4.69) is 15.6 Å². The molecule has 2 aromatic rings. The van der Waals surface area contributed by atoms with E-state index in [0.717, 1.165) is 12.3 Å². The maximum atomic E-state index is 12.6. The van der Waals surface area contributed by atoms with Crippen molar-refractivity contribution in [3.8, 4) is 5.75 Å². The Morgan fingerprint density at radius 3 is 2.39 bits per heavy atom. The zero-order valence-corrected chi connectivity index (χ0v) is 18.9. The van der Waals surface area contributed by atoms with Gasteiger partial charge in [0, 0.05) is 24.2 Å². The second-order valence-corrected chi connectivity index (χ2v) is 8.55. The fraction of sp³-hybridized carbons (Fsp3) is 0.409. The molecule has 1 aliphatic carbocycles. The van der Waals surface area contributed by atoms with Crippen molar-refractivity contribution in [2.45, 2.75) is 44.4 Å². The number of hydrogen-bond donors (Lipinski definition) is 2. The summed E-state index contributed by atoms with van der Waals surface area (Å²) >= 11 is 11.8. The zero-order chi connectivity index (χ0) is 24.0. The maximum absolute atomic E-state index is 12.6. The molecule has 0 atom stereocenters. The molecule has 3 rings (SSSR count). The number of rotatable bonds is 7. The normalized spacial score (nSPS) is 18.5. The largest absolute Gasteiger partial charge is 0.484 e. The van der Waals surface area contributed by atoms with Gasteiger partial charge in [-0.3, -0.25) is 14.6 Å². The summed E-state index contributed by atoms with van der Waals surface area (Å²) in [5, 5.41) is 6.34. The molecule has 0 bridgehead atoms. The molecule has 178 valence electrons. The number of ether oxygens (including phenoxy) is 1. The first-order valence-corrected chi connectivity index (χ1v) is 11.0. The van der Waals surface area contributed by atoms with Gasteiger partial charge >= 0.3 is 6.18 Å². The number of amides is 2. The van der Waals surface area contributed by atoms with Crippen molar-refractivity contribution in [1.29, 1.82) is 0 Å². The number of carbonyl (C=O) groups excluding carboxylic acids is 2. The van der Waals surface area contributed by atoms with E-state index in [1.54, 1.807) is 12.1 Å². The van der Waals surface area contributed by atoms with Gasteiger partial charge < -0.3 is 15.4 Å². The second kappa shape index (κ2) is 11.1. The number of hydrogen-bond acceptors (Lipinski definition) is 4. The predicted molar refractivity (Wildman–Crippen MR) is 117 cm³/mol. The van der Waals surface area contributed by atoms with E-state index in [0.29, 0.717) is 47.2 Å². The van der Waals surface area contributed by atoms with Crippen LogP contribution in [-0.4, -0.2) is 29.4 Å². The topological polar surface area (TPSA) is 80.3 Å². The average molecular weight is 504 g/mol. The number of nitrogens with one attached hydrogen (secondary N) is 2. The van der Waals surface area contributed by atoms with Gasteiger partial charge in [-0.25, -0.2) is 0 Å². The number of carbonyl (C=O) groups is 2. The Bertz CT molecular complexity index is 979. The molecule has 0 radical (unpaired) electrons. The summed E-state index contributed by atoms with van der Waals surface area (Å²) in [5.41, 5.74) is -0.486. The molecule has 1 saturated carbocycles. The summed E-state index contributed by atoms with van der Waals surface area (Å²) < 4.78 is 43.2. The summed E-state index contributed by atoms with van der Waals surface area (Å²) in [6.07, 6.45) is -1.25. The SMILES string of the molecule is O=C(COc1ccc(Cl)c(Cl)c1)NC1CCC(C(=O)NCc2ccc(C(F)(F)F)cn2)CC1. The summed E-state index contributed by atoms with van der Waals surface area (Å²) in [5.74, 6) is -0.241. The smallest absolute Gasteiger partial charge is 0.417 e. The van der Waals surface area contributed by atoms with Gasteiger partial charge in [0.15, 0.2) is 6.61 Å². The molecule has 2 amide bonds. The van der Waals surface area contributed by atoms with Crippen LogP contribution in [0.3, 0.4) is 0 Å². The highest BCUT2D eigenvalue weighted by atomic mass is 35.5. The number of benzene rings is 1. The third-order valence-electron chi connectivity index (χ3n) is 5.32. The Hall–Kier alpha value is -2.52. The van der Waals surface area contributed by atoms with E-state index in [4.69, 9.17) is 27.9 Å². The molecule has 33 heavy (non-hydrogen) atoms. The molecule has 0 aliphatic heterocycles. The summed E-state index contributed by atoms with van der Waals surface area (Å²) in [7, 11) is 0. The van der Waals surface area contributed by atoms with Crippen LogP contribution >= 0.6 is 23.2 Å². The Kier molecular flexibility index (Phi) is 8.42. The van der Waals surface area contributed by atoms with Crippen molar-refractivity contribution in [1.82, 2.24) is 15.6 Å². The van der Waals surface area contributed by atoms with Crippen LogP contribution in [0.15, 0.2) is 36.5 Å². The van der Waals surface area contributed by atoms with Crippen molar-refractivity contribution >= 4 is 35.0 Å². The van der Waals surface area contributed by atoms with Crippen LogP contribution in [0.5, 0.6) is 5.75 Å². The Labute approximate surface area is 198 Å². The molecule has 11 heteroatoms. The number of alkyl halides is 3. The van der Waals surface area contributed by atoms with E-state index in [9.17, 15) is 22.8 Å². The minimum absolute atomic E-state index is 0.0552. The quantitative estimate of drug-likeness (QED) is 0.569. The lowest BCUT2D eigenvalue weighted by Crippen LogP contribution is -2.42. The van der Waals surface area contributed by atoms with Crippen molar-refractivity contribution < 1.29 is 27.5 Å². The highest BCUT2D eigenvalue weighted by molar-refractivity contribution is 6.42. The van der Waals surface area contributed by atoms with Gasteiger partial charge in [-0.15, -0.1) is 0 Å². The van der Waals surface area contributed by atoms with Crippen LogP contribution < -0.4 is 15.4 Å². The highest BCUT2D eigenvalue weighted by Crippen LogP contribution is 2.29. The molecule has 2 N–H and O–H groups in total. The van der Waals surface area contributed by atoms with E-state index < -0.39 is 11.7 Å². The first kappa shape index (κ1) is 25.1. The van der Waals surface area contributed by atoms with Crippen LogP contribution in [0.1, 0.15) is 36.9 Å². The fourth-order valence-electron chi connectivity index (χ4n) is 3.50. The van der Waals surface area contributed by atoms with E-state index >= 15 is 0 Å². The fourth-order valence-corrected chi connectivity index (χ4v) is 3.79. The molecule has 0 spiro atoms. The molecule has 1 aliphatic rings.